The van der Waals surface area contributed by atoms with Crippen LogP contribution < -0.4 is 10.1 Å². The molecule has 0 spiro atoms. The third-order valence-electron chi connectivity index (χ3n) is 2.41. The van der Waals surface area contributed by atoms with Crippen LogP contribution in [0.3, 0.4) is 0 Å². The van der Waals surface area contributed by atoms with E-state index in [0.717, 1.165) is 10.0 Å². The van der Waals surface area contributed by atoms with Crippen molar-refractivity contribution < 1.29 is 9.53 Å². The first-order valence-electron chi connectivity index (χ1n) is 5.20. The van der Waals surface area contributed by atoms with Crippen LogP contribution in [0.4, 0.5) is 5.69 Å². The lowest BCUT2D eigenvalue weighted by atomic mass is 10.1. The average Bonchev–Trinajstić information content (AvgIpc) is 2.30. The fraction of sp³-hybridized carbons (Fsp3) is 0.417. The largest absolute Gasteiger partial charge is 0.495 e. The third-order valence-corrected chi connectivity index (χ3v) is 3.33. The van der Waals surface area contributed by atoms with Gasteiger partial charge in [0.05, 0.1) is 12.8 Å². The van der Waals surface area contributed by atoms with E-state index in [4.69, 9.17) is 16.3 Å². The lowest BCUT2D eigenvalue weighted by molar-refractivity contribution is -0.118. The van der Waals surface area contributed by atoms with Crippen LogP contribution in [0.2, 0.25) is 0 Å². The molecule has 0 saturated heterocycles. The number of rotatable bonds is 4. The second kappa shape index (κ2) is 6.26. The molecule has 1 aromatic rings. The molecule has 94 valence electrons. The van der Waals surface area contributed by atoms with Gasteiger partial charge in [0.2, 0.25) is 5.91 Å². The van der Waals surface area contributed by atoms with Gasteiger partial charge in [0.25, 0.3) is 0 Å². The predicted octanol–water partition coefficient (Wildman–Crippen LogP) is 3.58. The Hall–Kier alpha value is -0.740. The molecule has 0 aromatic heterocycles. The van der Waals surface area contributed by atoms with E-state index in [2.05, 4.69) is 21.2 Å². The molecule has 0 fully saturated rings. The molecule has 0 saturated carbocycles. The van der Waals surface area contributed by atoms with Crippen molar-refractivity contribution in [2.45, 2.75) is 13.8 Å². The number of amides is 1. The average molecular weight is 321 g/mol. The lowest BCUT2D eigenvalue weighted by Crippen LogP contribution is -2.22. The van der Waals surface area contributed by atoms with E-state index in [1.54, 1.807) is 14.0 Å². The number of carbonyl (C=O) groups excluding carboxylic acids is 1. The minimum absolute atomic E-state index is 0.108. The van der Waals surface area contributed by atoms with Crippen LogP contribution in [-0.2, 0) is 4.79 Å². The van der Waals surface area contributed by atoms with Gasteiger partial charge in [0.1, 0.15) is 5.75 Å². The van der Waals surface area contributed by atoms with E-state index < -0.39 is 0 Å². The number of carbonyl (C=O) groups is 1. The molecule has 1 atom stereocenters. The highest BCUT2D eigenvalue weighted by atomic mass is 79.9. The fourth-order valence-corrected chi connectivity index (χ4v) is 2.04. The molecule has 1 aromatic carbocycles. The Labute approximate surface area is 115 Å². The number of nitrogens with one attached hydrogen (secondary N) is 1. The van der Waals surface area contributed by atoms with Crippen LogP contribution in [0, 0.1) is 12.8 Å². The Kier molecular flexibility index (Phi) is 5.28. The maximum atomic E-state index is 11.8. The minimum atomic E-state index is -0.232. The van der Waals surface area contributed by atoms with Gasteiger partial charge in [0.15, 0.2) is 0 Å². The highest BCUT2D eigenvalue weighted by molar-refractivity contribution is 9.10. The van der Waals surface area contributed by atoms with Crippen LogP contribution in [-0.4, -0.2) is 18.9 Å². The van der Waals surface area contributed by atoms with Gasteiger partial charge in [-0.15, -0.1) is 11.6 Å². The van der Waals surface area contributed by atoms with Gasteiger partial charge >= 0.3 is 0 Å². The first kappa shape index (κ1) is 14.3. The Morgan fingerprint density at radius 2 is 2.24 bits per heavy atom. The number of ether oxygens (including phenoxy) is 1. The molecule has 0 aliphatic heterocycles. The van der Waals surface area contributed by atoms with Crippen molar-refractivity contribution in [3.8, 4) is 5.75 Å². The Morgan fingerprint density at radius 1 is 1.59 bits per heavy atom. The highest BCUT2D eigenvalue weighted by Gasteiger charge is 2.16. The van der Waals surface area contributed by atoms with Gasteiger partial charge in [-0.25, -0.2) is 0 Å². The Morgan fingerprint density at radius 3 is 2.76 bits per heavy atom. The lowest BCUT2D eigenvalue weighted by Gasteiger charge is -2.15. The molecule has 5 heteroatoms. The van der Waals surface area contributed by atoms with Crippen molar-refractivity contribution in [1.29, 1.82) is 0 Å². The second-order valence-corrected chi connectivity index (χ2v) is 5.07. The van der Waals surface area contributed by atoms with Crippen molar-refractivity contribution >= 4 is 39.1 Å². The van der Waals surface area contributed by atoms with E-state index in [9.17, 15) is 4.79 Å². The molecule has 0 radical (unpaired) electrons. The molecule has 1 rings (SSSR count). The zero-order valence-corrected chi connectivity index (χ0v) is 12.4. The van der Waals surface area contributed by atoms with E-state index in [1.807, 2.05) is 19.1 Å². The first-order chi connectivity index (χ1) is 7.99. The van der Waals surface area contributed by atoms with Crippen molar-refractivity contribution in [2.75, 3.05) is 18.3 Å². The Bertz CT molecular complexity index is 423. The maximum absolute atomic E-state index is 11.8. The quantitative estimate of drug-likeness (QED) is 0.861. The maximum Gasteiger partial charge on any atom is 0.228 e. The summed E-state index contributed by atoms with van der Waals surface area (Å²) < 4.78 is 6.16. The third kappa shape index (κ3) is 3.61. The summed E-state index contributed by atoms with van der Waals surface area (Å²) in [4.78, 5) is 11.8. The van der Waals surface area contributed by atoms with E-state index in [0.29, 0.717) is 17.3 Å². The fourth-order valence-electron chi connectivity index (χ4n) is 1.35. The minimum Gasteiger partial charge on any atom is -0.495 e. The Balaban J connectivity index is 3.01. The summed E-state index contributed by atoms with van der Waals surface area (Å²) in [6, 6.07) is 3.73. The van der Waals surface area contributed by atoms with Crippen LogP contribution in [0.15, 0.2) is 16.6 Å². The number of alkyl halides is 1. The van der Waals surface area contributed by atoms with Crippen LogP contribution in [0.5, 0.6) is 5.75 Å². The summed E-state index contributed by atoms with van der Waals surface area (Å²) >= 11 is 9.04. The number of hydrogen-bond donors (Lipinski definition) is 1. The van der Waals surface area contributed by atoms with E-state index in [1.165, 1.54) is 0 Å². The number of aryl methyl sites for hydroxylation is 1. The number of halogens is 2. The molecular weight excluding hydrogens is 305 g/mol. The second-order valence-electron chi connectivity index (χ2n) is 3.84. The van der Waals surface area contributed by atoms with Crippen LogP contribution in [0.1, 0.15) is 12.5 Å². The molecule has 3 nitrogen and oxygen atoms in total. The zero-order valence-electron chi connectivity index (χ0n) is 10.0. The van der Waals surface area contributed by atoms with Crippen molar-refractivity contribution in [3.63, 3.8) is 0 Å². The summed E-state index contributed by atoms with van der Waals surface area (Å²) in [5, 5.41) is 2.84. The van der Waals surface area contributed by atoms with E-state index >= 15 is 0 Å². The first-order valence-corrected chi connectivity index (χ1v) is 6.53. The SMILES string of the molecule is COc1cc(Br)cc(C)c1NC(=O)C(C)CCl. The van der Waals surface area contributed by atoms with Crippen molar-refractivity contribution in [2.24, 2.45) is 5.92 Å². The summed E-state index contributed by atoms with van der Waals surface area (Å²) in [5.74, 6) is 0.587. The van der Waals surface area contributed by atoms with Gasteiger partial charge in [0, 0.05) is 16.3 Å². The molecule has 1 amide bonds. The van der Waals surface area contributed by atoms with Gasteiger partial charge in [-0.3, -0.25) is 4.79 Å². The molecule has 1 N–H and O–H groups in total. The summed E-state index contributed by atoms with van der Waals surface area (Å²) in [5.41, 5.74) is 1.63. The van der Waals surface area contributed by atoms with Gasteiger partial charge in [-0.1, -0.05) is 22.9 Å². The van der Waals surface area contributed by atoms with Gasteiger partial charge in [-0.2, -0.15) is 0 Å². The molecular formula is C12H15BrClNO2. The molecule has 0 heterocycles. The number of methoxy groups -OCH3 is 1. The van der Waals surface area contributed by atoms with Gasteiger partial charge in [-0.05, 0) is 24.6 Å². The topological polar surface area (TPSA) is 38.3 Å². The predicted molar refractivity (Wildman–Crippen MR) is 73.9 cm³/mol. The monoisotopic (exact) mass is 319 g/mol. The molecule has 0 bridgehead atoms. The zero-order chi connectivity index (χ0) is 13.0. The number of benzene rings is 1. The molecule has 0 aliphatic rings. The molecule has 17 heavy (non-hydrogen) atoms. The van der Waals surface area contributed by atoms with Crippen LogP contribution >= 0.6 is 27.5 Å². The molecule has 0 aliphatic carbocycles. The number of anilines is 1. The summed E-state index contributed by atoms with van der Waals surface area (Å²) in [6.07, 6.45) is 0. The van der Waals surface area contributed by atoms with Gasteiger partial charge < -0.3 is 10.1 Å². The highest BCUT2D eigenvalue weighted by Crippen LogP contribution is 2.32. The van der Waals surface area contributed by atoms with E-state index in [-0.39, 0.29) is 11.8 Å². The standard InChI is InChI=1S/C12H15BrClNO2/c1-7-4-9(13)5-10(17-3)11(7)15-12(16)8(2)6-14/h4-5,8H,6H2,1-3H3,(H,15,16). The molecule has 1 unspecified atom stereocenters. The summed E-state index contributed by atoms with van der Waals surface area (Å²) in [7, 11) is 1.57. The normalized spacial score (nSPS) is 12.1. The number of hydrogen-bond acceptors (Lipinski definition) is 2. The smallest absolute Gasteiger partial charge is 0.228 e. The summed E-state index contributed by atoms with van der Waals surface area (Å²) in [6.45, 7) is 3.69. The van der Waals surface area contributed by atoms with Crippen molar-refractivity contribution in [1.82, 2.24) is 0 Å². The van der Waals surface area contributed by atoms with Crippen LogP contribution in [0.25, 0.3) is 0 Å². The van der Waals surface area contributed by atoms with Crippen molar-refractivity contribution in [3.05, 3.63) is 22.2 Å².